The molecule has 1 N–H and O–H groups in total. The molecule has 5 heteroatoms. The molecule has 5 nitrogen and oxygen atoms in total. The summed E-state index contributed by atoms with van der Waals surface area (Å²) in [5.74, 6) is -0.141. The molecule has 0 aromatic rings. The SMILES string of the molecule is CCCNC(CCN(C)C1CCN(CC)CC1)C(=O)OC. The monoisotopic (exact) mass is 299 g/mol. The van der Waals surface area contributed by atoms with Gasteiger partial charge in [-0.25, -0.2) is 0 Å². The highest BCUT2D eigenvalue weighted by Crippen LogP contribution is 2.15. The van der Waals surface area contributed by atoms with Crippen LogP contribution in [0.25, 0.3) is 0 Å². The van der Waals surface area contributed by atoms with E-state index in [0.29, 0.717) is 6.04 Å². The highest BCUT2D eigenvalue weighted by molar-refractivity contribution is 5.75. The second kappa shape index (κ2) is 10.1. The number of hydrogen-bond acceptors (Lipinski definition) is 5. The second-order valence-electron chi connectivity index (χ2n) is 5.96. The third-order valence-corrected chi connectivity index (χ3v) is 4.52. The van der Waals surface area contributed by atoms with Gasteiger partial charge in [-0.15, -0.1) is 0 Å². The van der Waals surface area contributed by atoms with Crippen molar-refractivity contribution in [3.8, 4) is 0 Å². The van der Waals surface area contributed by atoms with E-state index in [1.54, 1.807) is 0 Å². The molecule has 1 aliphatic rings. The minimum Gasteiger partial charge on any atom is -0.468 e. The fourth-order valence-corrected chi connectivity index (χ4v) is 2.96. The zero-order valence-electron chi connectivity index (χ0n) is 14.2. The predicted molar refractivity (Wildman–Crippen MR) is 86.5 cm³/mol. The van der Waals surface area contributed by atoms with Gasteiger partial charge >= 0.3 is 5.97 Å². The molecule has 21 heavy (non-hydrogen) atoms. The van der Waals surface area contributed by atoms with E-state index in [2.05, 4.69) is 36.0 Å². The lowest BCUT2D eigenvalue weighted by Crippen LogP contribution is -2.46. The molecule has 0 saturated carbocycles. The summed E-state index contributed by atoms with van der Waals surface area (Å²) in [6.45, 7) is 9.67. The summed E-state index contributed by atoms with van der Waals surface area (Å²) in [6.07, 6.45) is 4.31. The predicted octanol–water partition coefficient (Wildman–Crippen LogP) is 1.33. The molecule has 0 radical (unpaired) electrons. The van der Waals surface area contributed by atoms with Gasteiger partial charge in [-0.3, -0.25) is 4.79 Å². The van der Waals surface area contributed by atoms with Crippen LogP contribution in [0.5, 0.6) is 0 Å². The number of methoxy groups -OCH3 is 1. The molecule has 0 aliphatic carbocycles. The van der Waals surface area contributed by atoms with Gasteiger partial charge in [-0.2, -0.15) is 0 Å². The van der Waals surface area contributed by atoms with E-state index in [1.165, 1.54) is 33.0 Å². The van der Waals surface area contributed by atoms with E-state index in [0.717, 1.165) is 32.5 Å². The second-order valence-corrected chi connectivity index (χ2v) is 5.96. The topological polar surface area (TPSA) is 44.8 Å². The largest absolute Gasteiger partial charge is 0.468 e. The lowest BCUT2D eigenvalue weighted by molar-refractivity contribution is -0.143. The molecule has 0 spiro atoms. The molecule has 124 valence electrons. The van der Waals surface area contributed by atoms with Crippen LogP contribution < -0.4 is 5.32 Å². The first-order valence-corrected chi connectivity index (χ1v) is 8.36. The Morgan fingerprint density at radius 2 is 2.05 bits per heavy atom. The van der Waals surface area contributed by atoms with Crippen LogP contribution in [0, 0.1) is 0 Å². The van der Waals surface area contributed by atoms with Crippen molar-refractivity contribution in [1.82, 2.24) is 15.1 Å². The lowest BCUT2D eigenvalue weighted by Gasteiger charge is -2.36. The molecule has 1 unspecified atom stereocenters. The van der Waals surface area contributed by atoms with Crippen LogP contribution in [0.1, 0.15) is 39.5 Å². The number of nitrogens with one attached hydrogen (secondary N) is 1. The molecular weight excluding hydrogens is 266 g/mol. The van der Waals surface area contributed by atoms with Gasteiger partial charge in [0, 0.05) is 12.6 Å². The maximum atomic E-state index is 11.8. The van der Waals surface area contributed by atoms with Crippen LogP contribution >= 0.6 is 0 Å². The van der Waals surface area contributed by atoms with Crippen molar-refractivity contribution in [1.29, 1.82) is 0 Å². The van der Waals surface area contributed by atoms with Crippen LogP contribution in [0.2, 0.25) is 0 Å². The summed E-state index contributed by atoms with van der Waals surface area (Å²) in [5, 5.41) is 3.29. The van der Waals surface area contributed by atoms with Gasteiger partial charge in [0.05, 0.1) is 7.11 Å². The number of carbonyl (C=O) groups is 1. The number of hydrogen-bond donors (Lipinski definition) is 1. The van der Waals surface area contributed by atoms with Crippen LogP contribution in [0.4, 0.5) is 0 Å². The van der Waals surface area contributed by atoms with E-state index in [4.69, 9.17) is 4.74 Å². The smallest absolute Gasteiger partial charge is 0.322 e. The van der Waals surface area contributed by atoms with Crippen molar-refractivity contribution in [2.45, 2.75) is 51.6 Å². The molecule has 0 amide bonds. The first kappa shape index (κ1) is 18.4. The van der Waals surface area contributed by atoms with Crippen molar-refractivity contribution in [3.63, 3.8) is 0 Å². The van der Waals surface area contributed by atoms with Gasteiger partial charge in [0.1, 0.15) is 6.04 Å². The minimum absolute atomic E-state index is 0.141. The number of carbonyl (C=O) groups excluding carboxylic acids is 1. The molecular formula is C16H33N3O2. The van der Waals surface area contributed by atoms with Gasteiger partial charge in [-0.1, -0.05) is 13.8 Å². The highest BCUT2D eigenvalue weighted by Gasteiger charge is 2.24. The van der Waals surface area contributed by atoms with Crippen molar-refractivity contribution in [2.75, 3.05) is 46.9 Å². The van der Waals surface area contributed by atoms with Crippen molar-refractivity contribution in [2.24, 2.45) is 0 Å². The number of ether oxygens (including phenoxy) is 1. The average Bonchev–Trinajstić information content (AvgIpc) is 2.54. The number of rotatable bonds is 9. The van der Waals surface area contributed by atoms with Crippen molar-refractivity contribution in [3.05, 3.63) is 0 Å². The number of nitrogens with zero attached hydrogens (tertiary/aromatic N) is 2. The Kier molecular flexibility index (Phi) is 8.88. The first-order valence-electron chi connectivity index (χ1n) is 8.36. The molecule has 0 aromatic carbocycles. The molecule has 1 aliphatic heterocycles. The Morgan fingerprint density at radius 1 is 1.38 bits per heavy atom. The number of esters is 1. The van der Waals surface area contributed by atoms with E-state index in [-0.39, 0.29) is 12.0 Å². The maximum absolute atomic E-state index is 11.8. The molecule has 0 aromatic heterocycles. The van der Waals surface area contributed by atoms with Crippen LogP contribution in [-0.2, 0) is 9.53 Å². The zero-order valence-corrected chi connectivity index (χ0v) is 14.2. The van der Waals surface area contributed by atoms with Crippen molar-refractivity contribution < 1.29 is 9.53 Å². The maximum Gasteiger partial charge on any atom is 0.322 e. The fourth-order valence-electron chi connectivity index (χ4n) is 2.96. The minimum atomic E-state index is -0.173. The third-order valence-electron chi connectivity index (χ3n) is 4.52. The molecule has 1 atom stereocenters. The summed E-state index contributed by atoms with van der Waals surface area (Å²) in [6, 6.07) is 0.477. The highest BCUT2D eigenvalue weighted by atomic mass is 16.5. The lowest BCUT2D eigenvalue weighted by atomic mass is 10.0. The Labute approximate surface area is 130 Å². The summed E-state index contributed by atoms with van der Waals surface area (Å²) < 4.78 is 4.89. The van der Waals surface area contributed by atoms with Gasteiger partial charge in [-0.05, 0) is 58.9 Å². The molecule has 1 fully saturated rings. The molecule has 1 saturated heterocycles. The summed E-state index contributed by atoms with van der Waals surface area (Å²) >= 11 is 0. The zero-order chi connectivity index (χ0) is 15.7. The third kappa shape index (κ3) is 6.32. The van der Waals surface area contributed by atoms with Gasteiger partial charge in [0.15, 0.2) is 0 Å². The van der Waals surface area contributed by atoms with Crippen LogP contribution in [0.3, 0.4) is 0 Å². The van der Waals surface area contributed by atoms with E-state index in [1.807, 2.05) is 0 Å². The molecule has 1 rings (SSSR count). The van der Waals surface area contributed by atoms with Gasteiger partial charge < -0.3 is 19.9 Å². The molecule has 0 bridgehead atoms. The molecule has 1 heterocycles. The quantitative estimate of drug-likeness (QED) is 0.651. The Bertz CT molecular complexity index is 291. The normalized spacial score (nSPS) is 18.9. The number of likely N-dealkylation sites (tertiary alicyclic amines) is 1. The fraction of sp³-hybridized carbons (Fsp3) is 0.938. The standard InChI is InChI=1S/C16H33N3O2/c1-5-10-17-15(16(20)21-4)9-11-18(3)14-7-12-19(6-2)13-8-14/h14-15,17H,5-13H2,1-4H3. The summed E-state index contributed by atoms with van der Waals surface area (Å²) in [4.78, 5) is 16.7. The van der Waals surface area contributed by atoms with Crippen LogP contribution in [0.15, 0.2) is 0 Å². The van der Waals surface area contributed by atoms with E-state index < -0.39 is 0 Å². The Hall–Kier alpha value is -0.650. The first-order chi connectivity index (χ1) is 10.1. The summed E-state index contributed by atoms with van der Waals surface area (Å²) in [7, 11) is 3.65. The Morgan fingerprint density at radius 3 is 2.57 bits per heavy atom. The van der Waals surface area contributed by atoms with Gasteiger partial charge in [0.2, 0.25) is 0 Å². The number of piperidine rings is 1. The Balaban J connectivity index is 2.35. The summed E-state index contributed by atoms with van der Waals surface area (Å²) in [5.41, 5.74) is 0. The van der Waals surface area contributed by atoms with Crippen LogP contribution in [-0.4, -0.2) is 74.7 Å². The van der Waals surface area contributed by atoms with E-state index >= 15 is 0 Å². The van der Waals surface area contributed by atoms with E-state index in [9.17, 15) is 4.79 Å². The van der Waals surface area contributed by atoms with Crippen molar-refractivity contribution >= 4 is 5.97 Å². The average molecular weight is 299 g/mol. The van der Waals surface area contributed by atoms with Gasteiger partial charge in [0.25, 0.3) is 0 Å².